The molecule has 7 nitrogen and oxygen atoms in total. The van der Waals surface area contributed by atoms with Crippen LogP contribution in [0, 0.1) is 5.82 Å². The molecule has 0 unspecified atom stereocenters. The number of carbonyl (C=O) groups excluding carboxylic acids is 2. The number of hydrazone groups is 1. The number of methoxy groups -OCH3 is 2. The third kappa shape index (κ3) is 5.41. The molecule has 2 amide bonds. The second kappa shape index (κ2) is 11.2. The summed E-state index contributed by atoms with van der Waals surface area (Å²) in [4.78, 5) is 29.0. The first-order valence-electron chi connectivity index (χ1n) is 11.1. The van der Waals surface area contributed by atoms with Crippen LogP contribution in [-0.2, 0) is 9.53 Å². The van der Waals surface area contributed by atoms with Gasteiger partial charge in [-0.3, -0.25) is 9.59 Å². The summed E-state index contributed by atoms with van der Waals surface area (Å²) in [6.07, 6.45) is 0.506. The molecule has 1 atom stereocenters. The average Bonchev–Trinajstić information content (AvgIpc) is 3.57. The van der Waals surface area contributed by atoms with Crippen molar-refractivity contribution in [3.05, 3.63) is 87.9 Å². The molecule has 0 aliphatic carbocycles. The molecule has 1 aliphatic rings. The van der Waals surface area contributed by atoms with Crippen molar-refractivity contribution in [2.75, 3.05) is 33.9 Å². The number of hydrogen-bond acceptors (Lipinski definition) is 6. The minimum Gasteiger partial charge on any atom is -0.496 e. The minimum atomic E-state index is -0.640. The van der Waals surface area contributed by atoms with Gasteiger partial charge in [0.1, 0.15) is 18.1 Å². The van der Waals surface area contributed by atoms with Gasteiger partial charge in [0, 0.05) is 25.6 Å². The van der Waals surface area contributed by atoms with Gasteiger partial charge in [0.2, 0.25) is 0 Å². The van der Waals surface area contributed by atoms with Gasteiger partial charge < -0.3 is 14.4 Å². The highest BCUT2D eigenvalue weighted by atomic mass is 32.1. The minimum absolute atomic E-state index is 0.0955. The first-order chi connectivity index (χ1) is 17.0. The lowest BCUT2D eigenvalue weighted by Gasteiger charge is -2.27. The third-order valence-corrected chi connectivity index (χ3v) is 6.67. The molecule has 35 heavy (non-hydrogen) atoms. The lowest BCUT2D eigenvalue weighted by atomic mass is 10.00. The topological polar surface area (TPSA) is 71.4 Å². The highest BCUT2D eigenvalue weighted by molar-refractivity contribution is 7.12. The Bertz CT molecular complexity index is 1210. The quantitative estimate of drug-likeness (QED) is 0.442. The van der Waals surface area contributed by atoms with Gasteiger partial charge in [-0.2, -0.15) is 5.10 Å². The van der Waals surface area contributed by atoms with Gasteiger partial charge in [-0.25, -0.2) is 9.40 Å². The van der Waals surface area contributed by atoms with E-state index in [-0.39, 0.29) is 31.2 Å². The number of hydrogen-bond donors (Lipinski definition) is 0. The van der Waals surface area contributed by atoms with Gasteiger partial charge in [0.15, 0.2) is 0 Å². The molecule has 182 valence electrons. The van der Waals surface area contributed by atoms with Crippen molar-refractivity contribution in [1.82, 2.24) is 9.91 Å². The van der Waals surface area contributed by atoms with E-state index in [1.54, 1.807) is 24.5 Å². The van der Waals surface area contributed by atoms with Gasteiger partial charge in [-0.15, -0.1) is 11.3 Å². The Kier molecular flexibility index (Phi) is 7.89. The van der Waals surface area contributed by atoms with E-state index in [1.165, 1.54) is 35.2 Å². The zero-order valence-corrected chi connectivity index (χ0v) is 20.3. The van der Waals surface area contributed by atoms with Crippen LogP contribution in [0.1, 0.15) is 33.3 Å². The fourth-order valence-corrected chi connectivity index (χ4v) is 4.73. The van der Waals surface area contributed by atoms with Crippen molar-refractivity contribution in [3.63, 3.8) is 0 Å². The molecule has 0 saturated carbocycles. The molecule has 4 rings (SSSR count). The number of rotatable bonds is 9. The zero-order chi connectivity index (χ0) is 24.8. The van der Waals surface area contributed by atoms with Crippen LogP contribution in [0.3, 0.4) is 0 Å². The van der Waals surface area contributed by atoms with Gasteiger partial charge in [-0.1, -0.05) is 36.4 Å². The maximum absolute atomic E-state index is 14.3. The molecule has 9 heteroatoms. The van der Waals surface area contributed by atoms with Gasteiger partial charge in [-0.05, 0) is 29.6 Å². The lowest BCUT2D eigenvalue weighted by molar-refractivity contribution is -0.133. The SMILES string of the molecule is COCCN(CC(=O)N1N=C(c2cccs2)C[C@@H]1c1ccccc1OC)C(=O)c1ccccc1F. The number of amides is 2. The van der Waals surface area contributed by atoms with E-state index in [0.29, 0.717) is 12.2 Å². The van der Waals surface area contributed by atoms with Gasteiger partial charge in [0.05, 0.1) is 35.9 Å². The molecular formula is C26H26FN3O4S. The van der Waals surface area contributed by atoms with Crippen LogP contribution in [0.2, 0.25) is 0 Å². The largest absolute Gasteiger partial charge is 0.496 e. The molecule has 0 fully saturated rings. The Balaban J connectivity index is 1.64. The molecule has 0 spiro atoms. The molecule has 2 aromatic carbocycles. The summed E-state index contributed by atoms with van der Waals surface area (Å²) in [5.74, 6) is -0.952. The summed E-state index contributed by atoms with van der Waals surface area (Å²) < 4.78 is 25.0. The second-order valence-electron chi connectivity index (χ2n) is 7.92. The van der Waals surface area contributed by atoms with Gasteiger partial charge in [0.25, 0.3) is 11.8 Å². The normalized spacial score (nSPS) is 15.1. The fraction of sp³-hybridized carbons (Fsp3) is 0.269. The Morgan fingerprint density at radius 2 is 1.89 bits per heavy atom. The lowest BCUT2D eigenvalue weighted by Crippen LogP contribution is -2.43. The number of nitrogens with zero attached hydrogens (tertiary/aromatic N) is 3. The summed E-state index contributed by atoms with van der Waals surface area (Å²) in [7, 11) is 3.09. The summed E-state index contributed by atoms with van der Waals surface area (Å²) >= 11 is 1.55. The van der Waals surface area contributed by atoms with Crippen molar-refractivity contribution in [2.45, 2.75) is 12.5 Å². The van der Waals surface area contributed by atoms with Crippen LogP contribution in [0.4, 0.5) is 4.39 Å². The predicted octanol–water partition coefficient (Wildman–Crippen LogP) is 4.36. The van der Waals surface area contributed by atoms with Crippen LogP contribution in [0.15, 0.2) is 71.1 Å². The summed E-state index contributed by atoms with van der Waals surface area (Å²) in [6, 6.07) is 16.7. The summed E-state index contributed by atoms with van der Waals surface area (Å²) in [6.45, 7) is 0.0561. The first kappa shape index (κ1) is 24.6. The standard InChI is InChI=1S/C26H26FN3O4S/c1-33-14-13-29(26(32)18-8-3-5-10-20(18)27)17-25(31)30-22(19-9-4-6-11-23(19)34-2)16-21(28-30)24-12-7-15-35-24/h3-12,15,22H,13-14,16-17H2,1-2H3/t22-/m1/s1. The number of halogens is 1. The number of para-hydroxylation sites is 1. The van der Waals surface area contributed by atoms with Crippen molar-refractivity contribution >= 4 is 28.9 Å². The van der Waals surface area contributed by atoms with Crippen LogP contribution in [0.5, 0.6) is 5.75 Å². The Morgan fingerprint density at radius 1 is 1.11 bits per heavy atom. The maximum Gasteiger partial charge on any atom is 0.262 e. The van der Waals surface area contributed by atoms with E-state index < -0.39 is 17.8 Å². The number of benzene rings is 2. The molecule has 2 heterocycles. The van der Waals surface area contributed by atoms with E-state index in [0.717, 1.165) is 16.2 Å². The Morgan fingerprint density at radius 3 is 2.60 bits per heavy atom. The number of carbonyl (C=O) groups is 2. The smallest absolute Gasteiger partial charge is 0.262 e. The third-order valence-electron chi connectivity index (χ3n) is 5.75. The Hall–Kier alpha value is -3.56. The monoisotopic (exact) mass is 495 g/mol. The zero-order valence-electron chi connectivity index (χ0n) is 19.5. The molecule has 0 bridgehead atoms. The summed E-state index contributed by atoms with van der Waals surface area (Å²) in [5, 5.41) is 8.03. The Labute approximate surface area is 207 Å². The molecule has 0 radical (unpaired) electrons. The summed E-state index contributed by atoms with van der Waals surface area (Å²) in [5.41, 5.74) is 1.51. The van der Waals surface area contributed by atoms with E-state index >= 15 is 0 Å². The van der Waals surface area contributed by atoms with Crippen molar-refractivity contribution in [3.8, 4) is 5.75 Å². The van der Waals surface area contributed by atoms with Crippen LogP contribution < -0.4 is 4.74 Å². The number of thiophene rings is 1. The van der Waals surface area contributed by atoms with E-state index in [2.05, 4.69) is 5.10 Å². The van der Waals surface area contributed by atoms with E-state index in [1.807, 2.05) is 41.8 Å². The van der Waals surface area contributed by atoms with Crippen LogP contribution >= 0.6 is 11.3 Å². The molecule has 0 saturated heterocycles. The predicted molar refractivity (Wildman–Crippen MR) is 132 cm³/mol. The fourth-order valence-electron chi connectivity index (χ4n) is 4.01. The van der Waals surface area contributed by atoms with E-state index in [9.17, 15) is 14.0 Å². The maximum atomic E-state index is 14.3. The van der Waals surface area contributed by atoms with Crippen LogP contribution in [0.25, 0.3) is 0 Å². The van der Waals surface area contributed by atoms with E-state index in [4.69, 9.17) is 9.47 Å². The highest BCUT2D eigenvalue weighted by Crippen LogP contribution is 2.38. The molecule has 3 aromatic rings. The van der Waals surface area contributed by atoms with Crippen molar-refractivity contribution in [2.24, 2.45) is 5.10 Å². The van der Waals surface area contributed by atoms with Crippen molar-refractivity contribution in [1.29, 1.82) is 0 Å². The van der Waals surface area contributed by atoms with Gasteiger partial charge >= 0.3 is 0 Å². The average molecular weight is 496 g/mol. The van der Waals surface area contributed by atoms with Crippen LogP contribution in [-0.4, -0.2) is 61.4 Å². The molecular weight excluding hydrogens is 469 g/mol. The second-order valence-corrected chi connectivity index (χ2v) is 8.87. The molecule has 1 aromatic heterocycles. The first-order valence-corrected chi connectivity index (χ1v) is 12.0. The molecule has 1 aliphatic heterocycles. The molecule has 0 N–H and O–H groups in total. The number of ether oxygens (including phenoxy) is 2. The van der Waals surface area contributed by atoms with Crippen molar-refractivity contribution < 1.29 is 23.5 Å². The highest BCUT2D eigenvalue weighted by Gasteiger charge is 2.36.